The second-order valence-corrected chi connectivity index (χ2v) is 15.4. The third-order valence-electron chi connectivity index (χ3n) is 9.74. The fraction of sp³-hybridized carbons (Fsp3) is 0.102. The molecule has 0 aliphatic rings. The second-order valence-electron chi connectivity index (χ2n) is 14.6. The molecule has 0 saturated carbocycles. The van der Waals surface area contributed by atoms with Crippen molar-refractivity contribution >= 4 is 106 Å². The number of carbonyl (C=O) groups excluding carboxylic acids is 8. The summed E-state index contributed by atoms with van der Waals surface area (Å²) in [7, 11) is 0. The number of halogens is 2. The van der Waals surface area contributed by atoms with Crippen molar-refractivity contribution in [2.45, 2.75) is 32.6 Å². The maximum atomic E-state index is 14.0. The van der Waals surface area contributed by atoms with Crippen LogP contribution in [0.1, 0.15) is 33.4 Å². The Morgan fingerprint density at radius 1 is 0.391 bits per heavy atom. The van der Waals surface area contributed by atoms with Crippen LogP contribution in [-0.2, 0) is 51.8 Å². The van der Waals surface area contributed by atoms with Gasteiger partial charge in [0, 0.05) is 22.7 Å². The Hall–Kier alpha value is -9.10. The van der Waals surface area contributed by atoms with Crippen molar-refractivity contribution in [2.75, 3.05) is 31.1 Å². The number of amides is 8. The maximum absolute atomic E-state index is 14.0. The number of rotatable bonds is 16. The van der Waals surface area contributed by atoms with E-state index in [9.17, 15) is 38.4 Å². The summed E-state index contributed by atoms with van der Waals surface area (Å²) in [5.74, 6) is 0. The molecular formula is C49H36Cl2N10O8. The monoisotopic (exact) mass is 962 g/mol. The zero-order valence-corrected chi connectivity index (χ0v) is 37.5. The predicted molar refractivity (Wildman–Crippen MR) is 260 cm³/mol. The van der Waals surface area contributed by atoms with Crippen LogP contribution in [-0.4, -0.2) is 48.4 Å². The molecule has 20 heteroatoms. The molecule has 0 aromatic heterocycles. The fourth-order valence-electron chi connectivity index (χ4n) is 6.74. The third-order valence-corrected chi connectivity index (χ3v) is 10.3. The van der Waals surface area contributed by atoms with Crippen molar-refractivity contribution in [1.29, 1.82) is 0 Å². The van der Waals surface area contributed by atoms with Crippen molar-refractivity contribution in [3.63, 3.8) is 0 Å². The van der Waals surface area contributed by atoms with Gasteiger partial charge in [-0.05, 0) is 113 Å². The van der Waals surface area contributed by atoms with Crippen LogP contribution in [0.15, 0.2) is 153 Å². The highest BCUT2D eigenvalue weighted by Crippen LogP contribution is 2.33. The molecule has 0 spiro atoms. The summed E-state index contributed by atoms with van der Waals surface area (Å²) in [5.41, 5.74) is 4.75. The molecular weight excluding hydrogens is 928 g/mol. The van der Waals surface area contributed by atoms with Crippen LogP contribution in [0.5, 0.6) is 0 Å². The molecule has 0 aliphatic heterocycles. The van der Waals surface area contributed by atoms with E-state index in [-0.39, 0.29) is 76.8 Å². The van der Waals surface area contributed by atoms with Gasteiger partial charge >= 0.3 is 24.1 Å². The number of hydrogen-bond acceptors (Lipinski definition) is 12. The van der Waals surface area contributed by atoms with E-state index >= 15 is 0 Å². The Balaban J connectivity index is 1.28. The van der Waals surface area contributed by atoms with Crippen molar-refractivity contribution in [2.24, 2.45) is 20.0 Å². The summed E-state index contributed by atoms with van der Waals surface area (Å²) < 4.78 is 0. The standard InChI is InChI=1S/C49H36Cl2N10O8/c50-42-22-32(13-15-44(42)60(46(66)56-38-9-1-5-34(18-38)24-52-28-62)47(67)57-39-10-2-6-35(19-39)25-53-29-63)17-33-14-16-45(43(51)23-33)61(48(68)58-40-11-3-7-36(20-40)26-54-30-64)49(69)59-41-12-4-8-37(21-41)27-55-31-65/h1-16,18-23H,17,24-27H2,(H,56,66)(H,57,67)(H,58,68)(H,59,69). The quantitative estimate of drug-likeness (QED) is 0.0536. The van der Waals surface area contributed by atoms with E-state index in [4.69, 9.17) is 23.2 Å². The number of nitrogens with zero attached hydrogens (tertiary/aromatic N) is 6. The van der Waals surface area contributed by atoms with Gasteiger partial charge in [-0.1, -0.05) is 83.9 Å². The molecule has 6 aromatic rings. The molecule has 0 aliphatic carbocycles. The number of imide groups is 2. The van der Waals surface area contributed by atoms with Crippen LogP contribution in [0.2, 0.25) is 10.0 Å². The molecule has 6 rings (SSSR count). The molecule has 6 aromatic carbocycles. The number of anilines is 6. The van der Waals surface area contributed by atoms with Gasteiger partial charge in [-0.15, -0.1) is 0 Å². The molecule has 0 saturated heterocycles. The molecule has 0 unspecified atom stereocenters. The first-order chi connectivity index (χ1) is 33.5. The molecule has 69 heavy (non-hydrogen) atoms. The number of nitrogens with one attached hydrogen (secondary N) is 4. The third kappa shape index (κ3) is 14.0. The molecule has 0 bridgehead atoms. The molecule has 0 radical (unpaired) electrons. The lowest BCUT2D eigenvalue weighted by Gasteiger charge is -2.24. The minimum absolute atomic E-state index is 0.00360. The van der Waals surface area contributed by atoms with Gasteiger partial charge in [-0.3, -0.25) is 0 Å². The Morgan fingerprint density at radius 3 is 0.913 bits per heavy atom. The number of carbonyl (C=O) groups is 4. The Bertz CT molecular complexity index is 2760. The zero-order valence-electron chi connectivity index (χ0n) is 35.9. The fourth-order valence-corrected chi connectivity index (χ4v) is 7.32. The first-order valence-electron chi connectivity index (χ1n) is 20.4. The van der Waals surface area contributed by atoms with Gasteiger partial charge in [0.15, 0.2) is 0 Å². The summed E-state index contributed by atoms with van der Waals surface area (Å²) >= 11 is 13.7. The van der Waals surface area contributed by atoms with Gasteiger partial charge in [0.25, 0.3) is 0 Å². The number of urea groups is 4. The number of aliphatic imine (C=N–C) groups is 4. The van der Waals surface area contributed by atoms with E-state index in [2.05, 4.69) is 41.2 Å². The van der Waals surface area contributed by atoms with Crippen molar-refractivity contribution in [3.05, 3.63) is 177 Å². The largest absolute Gasteiger partial charge is 0.334 e. The van der Waals surface area contributed by atoms with E-state index < -0.39 is 24.1 Å². The summed E-state index contributed by atoms with van der Waals surface area (Å²) in [6.07, 6.45) is 6.08. The van der Waals surface area contributed by atoms with Gasteiger partial charge in [0.1, 0.15) is 0 Å². The Morgan fingerprint density at radius 2 is 0.667 bits per heavy atom. The van der Waals surface area contributed by atoms with Crippen molar-refractivity contribution in [1.82, 2.24) is 0 Å². The normalized spacial score (nSPS) is 10.1. The molecule has 4 N–H and O–H groups in total. The minimum atomic E-state index is -0.889. The van der Waals surface area contributed by atoms with Gasteiger partial charge < -0.3 is 21.3 Å². The van der Waals surface area contributed by atoms with Crippen LogP contribution >= 0.6 is 23.2 Å². The second kappa shape index (κ2) is 24.4. The number of isocyanates is 4. The zero-order chi connectivity index (χ0) is 49.1. The minimum Gasteiger partial charge on any atom is -0.307 e. The highest BCUT2D eigenvalue weighted by molar-refractivity contribution is 6.36. The maximum Gasteiger partial charge on any atom is 0.334 e. The van der Waals surface area contributed by atoms with Crippen LogP contribution in [0, 0.1) is 0 Å². The molecule has 8 amide bonds. The first kappa shape index (κ1) is 49.3. The van der Waals surface area contributed by atoms with E-state index in [0.29, 0.717) is 33.4 Å². The van der Waals surface area contributed by atoms with Crippen molar-refractivity contribution in [3.8, 4) is 0 Å². The van der Waals surface area contributed by atoms with Crippen LogP contribution in [0.3, 0.4) is 0 Å². The summed E-state index contributed by atoms with van der Waals surface area (Å²) in [5, 5.41) is 10.8. The Labute approximate surface area is 403 Å². The highest BCUT2D eigenvalue weighted by atomic mass is 35.5. The average Bonchev–Trinajstić information content (AvgIpc) is 3.33. The van der Waals surface area contributed by atoms with E-state index in [1.54, 1.807) is 121 Å². The average molecular weight is 964 g/mol. The SMILES string of the molecule is O=C=NCc1cccc(NC(=O)N(C(=O)Nc2cccc(CN=C=O)c2)c2ccc(Cc3ccc(N(C(=O)Nc4cccc(CN=C=O)c4)C(=O)Nc4cccc(CN=C=O)c4)c(Cl)c3)cc2Cl)c1. The summed E-state index contributed by atoms with van der Waals surface area (Å²) in [6, 6.07) is 31.7. The van der Waals surface area contributed by atoms with Gasteiger partial charge in [-0.2, -0.15) is 0 Å². The molecule has 0 heterocycles. The molecule has 0 fully saturated rings. The Kier molecular flexibility index (Phi) is 17.5. The summed E-state index contributed by atoms with van der Waals surface area (Å²) in [4.78, 5) is 115. The highest BCUT2D eigenvalue weighted by Gasteiger charge is 2.28. The van der Waals surface area contributed by atoms with Gasteiger partial charge in [0.2, 0.25) is 24.3 Å². The van der Waals surface area contributed by atoms with E-state index in [1.807, 2.05) is 0 Å². The molecule has 344 valence electrons. The lowest BCUT2D eigenvalue weighted by molar-refractivity contribution is 0.245. The van der Waals surface area contributed by atoms with Crippen LogP contribution in [0.4, 0.5) is 53.3 Å². The van der Waals surface area contributed by atoms with E-state index in [0.717, 1.165) is 9.80 Å². The molecule has 0 atom stereocenters. The molecule has 18 nitrogen and oxygen atoms in total. The number of benzene rings is 6. The predicted octanol–water partition coefficient (Wildman–Crippen LogP) is 10.5. The lowest BCUT2D eigenvalue weighted by Crippen LogP contribution is -2.43. The van der Waals surface area contributed by atoms with Gasteiger partial charge in [0.05, 0.1) is 47.6 Å². The van der Waals surface area contributed by atoms with E-state index in [1.165, 1.54) is 36.5 Å². The van der Waals surface area contributed by atoms with Crippen LogP contribution < -0.4 is 31.1 Å². The first-order valence-corrected chi connectivity index (χ1v) is 21.2. The van der Waals surface area contributed by atoms with Crippen LogP contribution in [0.25, 0.3) is 0 Å². The lowest BCUT2D eigenvalue weighted by atomic mass is 10.0. The summed E-state index contributed by atoms with van der Waals surface area (Å²) in [6.45, 7) is 0.0519. The smallest absolute Gasteiger partial charge is 0.307 e. The van der Waals surface area contributed by atoms with Crippen molar-refractivity contribution < 1.29 is 38.4 Å². The topological polar surface area (TPSA) is 241 Å². The van der Waals surface area contributed by atoms with Gasteiger partial charge in [-0.25, -0.2) is 68.1 Å². The number of hydrogen-bond donors (Lipinski definition) is 4.